The summed E-state index contributed by atoms with van der Waals surface area (Å²) in [5.41, 5.74) is 3.92. The predicted molar refractivity (Wildman–Crippen MR) is 74.6 cm³/mol. The van der Waals surface area contributed by atoms with Crippen molar-refractivity contribution in [3.63, 3.8) is 0 Å². The molecule has 1 heterocycles. The van der Waals surface area contributed by atoms with Crippen molar-refractivity contribution in [1.82, 2.24) is 4.90 Å². The third-order valence-electron chi connectivity index (χ3n) is 3.90. The van der Waals surface area contributed by atoms with E-state index in [1.807, 2.05) is 6.07 Å². The van der Waals surface area contributed by atoms with Crippen LogP contribution in [0, 0.1) is 10.1 Å². The van der Waals surface area contributed by atoms with Crippen LogP contribution in [0.1, 0.15) is 32.3 Å². The van der Waals surface area contributed by atoms with Gasteiger partial charge in [0.05, 0.1) is 4.92 Å². The highest BCUT2D eigenvalue weighted by molar-refractivity contribution is 5.65. The first-order chi connectivity index (χ1) is 8.95. The third kappa shape index (κ3) is 2.69. The van der Waals surface area contributed by atoms with Crippen LogP contribution >= 0.6 is 0 Å². The van der Waals surface area contributed by atoms with E-state index in [1.54, 1.807) is 6.07 Å². The van der Waals surface area contributed by atoms with Crippen molar-refractivity contribution in [2.75, 3.05) is 12.0 Å². The van der Waals surface area contributed by atoms with Crippen LogP contribution < -0.4 is 11.3 Å². The molecule has 104 valence electrons. The minimum absolute atomic E-state index is 0.0250. The van der Waals surface area contributed by atoms with Crippen LogP contribution in [0.4, 0.5) is 11.4 Å². The Bertz CT molecular complexity index is 488. The molecule has 0 spiro atoms. The van der Waals surface area contributed by atoms with Gasteiger partial charge in [0, 0.05) is 18.2 Å². The fourth-order valence-corrected chi connectivity index (χ4v) is 2.70. The van der Waals surface area contributed by atoms with Gasteiger partial charge in [0.25, 0.3) is 5.69 Å². The lowest BCUT2D eigenvalue weighted by Gasteiger charge is -2.32. The second kappa shape index (κ2) is 5.14. The van der Waals surface area contributed by atoms with E-state index in [2.05, 4.69) is 24.2 Å². The second-order valence-electron chi connectivity index (χ2n) is 5.55. The number of nitro groups is 1. The number of nitrogens with one attached hydrogen (secondary N) is 1. The molecule has 19 heavy (non-hydrogen) atoms. The predicted octanol–water partition coefficient (Wildman–Crippen LogP) is 2.25. The zero-order valence-corrected chi connectivity index (χ0v) is 11.3. The molecule has 1 aromatic carbocycles. The summed E-state index contributed by atoms with van der Waals surface area (Å²) in [5, 5.41) is 11.0. The Morgan fingerprint density at radius 2 is 2.26 bits per heavy atom. The number of para-hydroxylation sites is 1. The summed E-state index contributed by atoms with van der Waals surface area (Å²) >= 11 is 0. The normalized spacial score (nSPS) is 18.5. The SMILES string of the molecule is CC1(C)CCCN1Cc1cccc([N+](=O)[O-])c1NN. The number of nitro benzene ring substituents is 1. The van der Waals surface area contributed by atoms with E-state index in [4.69, 9.17) is 5.84 Å². The van der Waals surface area contributed by atoms with Gasteiger partial charge < -0.3 is 5.43 Å². The van der Waals surface area contributed by atoms with Gasteiger partial charge in [-0.15, -0.1) is 0 Å². The van der Waals surface area contributed by atoms with Crippen molar-refractivity contribution in [2.24, 2.45) is 5.84 Å². The van der Waals surface area contributed by atoms with Gasteiger partial charge in [-0.2, -0.15) is 0 Å². The van der Waals surface area contributed by atoms with E-state index >= 15 is 0 Å². The first-order valence-electron chi connectivity index (χ1n) is 6.43. The van der Waals surface area contributed by atoms with Crippen molar-refractivity contribution in [1.29, 1.82) is 0 Å². The summed E-state index contributed by atoms with van der Waals surface area (Å²) in [5.74, 6) is 5.46. The zero-order valence-electron chi connectivity index (χ0n) is 11.3. The topological polar surface area (TPSA) is 84.4 Å². The Morgan fingerprint density at radius 1 is 1.53 bits per heavy atom. The fourth-order valence-electron chi connectivity index (χ4n) is 2.70. The quantitative estimate of drug-likeness (QED) is 0.495. The number of nitrogens with zero attached hydrogens (tertiary/aromatic N) is 2. The number of likely N-dealkylation sites (tertiary alicyclic amines) is 1. The lowest BCUT2D eigenvalue weighted by atomic mass is 10.0. The number of hydrogen-bond donors (Lipinski definition) is 2. The van der Waals surface area contributed by atoms with Gasteiger partial charge in [-0.25, -0.2) is 0 Å². The summed E-state index contributed by atoms with van der Waals surface area (Å²) in [6.45, 7) is 6.09. The molecule has 0 aliphatic carbocycles. The van der Waals surface area contributed by atoms with Crippen molar-refractivity contribution >= 4 is 11.4 Å². The van der Waals surface area contributed by atoms with Gasteiger partial charge in [0.15, 0.2) is 0 Å². The molecule has 0 radical (unpaired) electrons. The van der Waals surface area contributed by atoms with E-state index in [1.165, 1.54) is 6.07 Å². The summed E-state index contributed by atoms with van der Waals surface area (Å²) in [6.07, 6.45) is 2.31. The first-order valence-corrected chi connectivity index (χ1v) is 6.43. The van der Waals surface area contributed by atoms with E-state index in [0.717, 1.165) is 24.9 Å². The molecular formula is C13H20N4O2. The van der Waals surface area contributed by atoms with Gasteiger partial charge in [-0.1, -0.05) is 12.1 Å². The van der Waals surface area contributed by atoms with E-state index in [0.29, 0.717) is 12.2 Å². The minimum Gasteiger partial charge on any atom is -0.318 e. The standard InChI is InChI=1S/C13H20N4O2/c1-13(2)7-4-8-16(13)9-10-5-3-6-11(17(18)19)12(10)15-14/h3,5-6,15H,4,7-9,14H2,1-2H3. The molecule has 1 saturated heterocycles. The molecule has 1 fully saturated rings. The van der Waals surface area contributed by atoms with Gasteiger partial charge in [0.2, 0.25) is 0 Å². The third-order valence-corrected chi connectivity index (χ3v) is 3.90. The lowest BCUT2D eigenvalue weighted by molar-refractivity contribution is -0.384. The Kier molecular flexibility index (Phi) is 3.73. The van der Waals surface area contributed by atoms with Gasteiger partial charge in [-0.05, 0) is 38.8 Å². The molecule has 3 N–H and O–H groups in total. The average Bonchev–Trinajstić information content (AvgIpc) is 2.68. The Labute approximate surface area is 112 Å². The Balaban J connectivity index is 2.30. The number of anilines is 1. The molecule has 0 unspecified atom stereocenters. The highest BCUT2D eigenvalue weighted by atomic mass is 16.6. The monoisotopic (exact) mass is 264 g/mol. The van der Waals surface area contributed by atoms with Crippen LogP contribution in [-0.2, 0) is 6.54 Å². The number of nitrogen functional groups attached to an aromatic ring is 1. The van der Waals surface area contributed by atoms with Crippen LogP contribution in [0.3, 0.4) is 0 Å². The molecule has 2 rings (SSSR count). The number of nitrogens with two attached hydrogens (primary N) is 1. The summed E-state index contributed by atoms with van der Waals surface area (Å²) in [7, 11) is 0. The van der Waals surface area contributed by atoms with Gasteiger partial charge in [-0.3, -0.25) is 20.9 Å². The van der Waals surface area contributed by atoms with Crippen LogP contribution in [0.5, 0.6) is 0 Å². The molecule has 0 atom stereocenters. The number of hydrazine groups is 1. The first kappa shape index (κ1) is 13.8. The highest BCUT2D eigenvalue weighted by Crippen LogP contribution is 2.33. The molecule has 0 amide bonds. The molecule has 0 saturated carbocycles. The molecule has 1 aliphatic rings. The molecule has 1 aromatic rings. The van der Waals surface area contributed by atoms with E-state index in [-0.39, 0.29) is 11.2 Å². The van der Waals surface area contributed by atoms with E-state index in [9.17, 15) is 10.1 Å². The second-order valence-corrected chi connectivity index (χ2v) is 5.55. The number of benzene rings is 1. The molecule has 1 aliphatic heterocycles. The maximum absolute atomic E-state index is 11.0. The molecule has 6 nitrogen and oxygen atoms in total. The van der Waals surface area contributed by atoms with Crippen molar-refractivity contribution in [2.45, 2.75) is 38.8 Å². The van der Waals surface area contributed by atoms with Crippen LogP contribution in [0.25, 0.3) is 0 Å². The lowest BCUT2D eigenvalue weighted by Crippen LogP contribution is -2.37. The number of hydrogen-bond acceptors (Lipinski definition) is 5. The highest BCUT2D eigenvalue weighted by Gasteiger charge is 2.32. The maximum atomic E-state index is 11.0. The fraction of sp³-hybridized carbons (Fsp3) is 0.538. The summed E-state index contributed by atoms with van der Waals surface area (Å²) in [4.78, 5) is 12.9. The number of rotatable bonds is 4. The van der Waals surface area contributed by atoms with Gasteiger partial charge in [0.1, 0.15) is 5.69 Å². The Morgan fingerprint density at radius 3 is 2.79 bits per heavy atom. The van der Waals surface area contributed by atoms with Crippen molar-refractivity contribution in [3.8, 4) is 0 Å². The zero-order chi connectivity index (χ0) is 14.0. The maximum Gasteiger partial charge on any atom is 0.293 e. The minimum atomic E-state index is -0.409. The smallest absolute Gasteiger partial charge is 0.293 e. The van der Waals surface area contributed by atoms with Crippen LogP contribution in [0.2, 0.25) is 0 Å². The molecular weight excluding hydrogens is 244 g/mol. The molecule has 6 heteroatoms. The average molecular weight is 264 g/mol. The van der Waals surface area contributed by atoms with E-state index < -0.39 is 4.92 Å². The summed E-state index contributed by atoms with van der Waals surface area (Å²) < 4.78 is 0. The van der Waals surface area contributed by atoms with Crippen LogP contribution in [0.15, 0.2) is 18.2 Å². The molecule has 0 aromatic heterocycles. The van der Waals surface area contributed by atoms with Crippen LogP contribution in [-0.4, -0.2) is 21.9 Å². The summed E-state index contributed by atoms with van der Waals surface area (Å²) in [6, 6.07) is 5.06. The van der Waals surface area contributed by atoms with Gasteiger partial charge >= 0.3 is 0 Å². The van der Waals surface area contributed by atoms with Crippen molar-refractivity contribution in [3.05, 3.63) is 33.9 Å². The van der Waals surface area contributed by atoms with Crippen molar-refractivity contribution < 1.29 is 4.92 Å². The largest absolute Gasteiger partial charge is 0.318 e. The molecule has 0 bridgehead atoms. The Hall–Kier alpha value is -1.66.